The molecule has 1 aliphatic rings. The Hall–Kier alpha value is -3.64. The maximum absolute atomic E-state index is 13.1. The average Bonchev–Trinajstić information content (AvgIpc) is 3.32. The Bertz CT molecular complexity index is 1520. The summed E-state index contributed by atoms with van der Waals surface area (Å²) in [5.74, 6) is 0.603. The number of nitrogens with one attached hydrogen (secondary N) is 2. The molecule has 1 fully saturated rings. The molecule has 5 nitrogen and oxygen atoms in total. The number of para-hydroxylation sites is 1. The highest BCUT2D eigenvalue weighted by molar-refractivity contribution is 6.08. The van der Waals surface area contributed by atoms with Gasteiger partial charge in [-0.15, -0.1) is 12.4 Å². The molecule has 0 atom stereocenters. The van der Waals surface area contributed by atoms with Crippen molar-refractivity contribution >= 4 is 45.7 Å². The maximum atomic E-state index is 13.1. The van der Waals surface area contributed by atoms with Gasteiger partial charge in [0.2, 0.25) is 0 Å². The van der Waals surface area contributed by atoms with E-state index in [9.17, 15) is 4.79 Å². The third-order valence-electron chi connectivity index (χ3n) is 6.65. The molecule has 0 saturated carbocycles. The molecule has 6 heteroatoms. The molecule has 2 N–H and O–H groups in total. The topological polar surface area (TPSA) is 57.5 Å². The van der Waals surface area contributed by atoms with Gasteiger partial charge in [0.25, 0.3) is 5.91 Å². The van der Waals surface area contributed by atoms with Crippen LogP contribution in [0.1, 0.15) is 15.9 Å². The van der Waals surface area contributed by atoms with E-state index < -0.39 is 0 Å². The summed E-state index contributed by atoms with van der Waals surface area (Å²) in [5, 5.41) is 9.70. The Morgan fingerprint density at radius 1 is 0.833 bits per heavy atom. The molecule has 5 aromatic rings. The smallest absolute Gasteiger partial charge is 0.255 e. The fourth-order valence-corrected chi connectivity index (χ4v) is 4.77. The van der Waals surface area contributed by atoms with Crippen LogP contribution in [-0.2, 0) is 6.54 Å². The van der Waals surface area contributed by atoms with Gasteiger partial charge in [0.05, 0.1) is 5.69 Å². The zero-order chi connectivity index (χ0) is 23.6. The van der Waals surface area contributed by atoms with E-state index in [1.54, 1.807) is 0 Å². The number of piperazine rings is 1. The summed E-state index contributed by atoms with van der Waals surface area (Å²) in [6, 6.07) is 30.1. The first-order chi connectivity index (χ1) is 17.2. The van der Waals surface area contributed by atoms with Crippen LogP contribution in [0.25, 0.3) is 33.1 Å². The van der Waals surface area contributed by atoms with E-state index in [4.69, 9.17) is 4.42 Å². The number of fused-ring (bicyclic) bond motifs is 2. The predicted molar refractivity (Wildman–Crippen MR) is 149 cm³/mol. The van der Waals surface area contributed by atoms with Crippen molar-refractivity contribution in [1.29, 1.82) is 0 Å². The lowest BCUT2D eigenvalue weighted by atomic mass is 10.1. The minimum Gasteiger partial charge on any atom is -0.456 e. The number of anilines is 1. The van der Waals surface area contributed by atoms with Crippen LogP contribution in [0.4, 0.5) is 5.69 Å². The minimum absolute atomic E-state index is 0. The molecule has 6 rings (SSSR count). The molecule has 1 amide bonds. The summed E-state index contributed by atoms with van der Waals surface area (Å²) >= 11 is 0. The number of nitrogens with zero attached hydrogens (tertiary/aromatic N) is 1. The molecule has 0 spiro atoms. The lowest BCUT2D eigenvalue weighted by Crippen LogP contribution is -2.42. The number of hydrogen-bond donors (Lipinski definition) is 2. The van der Waals surface area contributed by atoms with E-state index in [1.807, 2.05) is 72.8 Å². The second kappa shape index (κ2) is 10.5. The first-order valence-electron chi connectivity index (χ1n) is 12.1. The SMILES string of the molecule is Cl.O=C(Nc1ccccc1-c1cc2ccc(CN3CCNCC3)cc2o1)c1ccc2ccccc2c1. The third kappa shape index (κ3) is 5.00. The normalized spacial score (nSPS) is 14.0. The van der Waals surface area contributed by atoms with E-state index in [1.165, 1.54) is 5.56 Å². The number of hydrogen-bond acceptors (Lipinski definition) is 4. The minimum atomic E-state index is -0.141. The quantitative estimate of drug-likeness (QED) is 0.298. The van der Waals surface area contributed by atoms with Crippen molar-refractivity contribution < 1.29 is 9.21 Å². The van der Waals surface area contributed by atoms with Gasteiger partial charge in [-0.1, -0.05) is 54.6 Å². The zero-order valence-corrected chi connectivity index (χ0v) is 20.7. The Labute approximate surface area is 216 Å². The monoisotopic (exact) mass is 497 g/mol. The van der Waals surface area contributed by atoms with Gasteiger partial charge in [-0.05, 0) is 52.7 Å². The van der Waals surface area contributed by atoms with Crippen molar-refractivity contribution in [3.05, 3.63) is 102 Å². The highest BCUT2D eigenvalue weighted by Gasteiger charge is 2.15. The predicted octanol–water partition coefficient (Wildman–Crippen LogP) is 6.33. The Kier molecular flexibility index (Phi) is 7.05. The molecular formula is C30H28ClN3O2. The molecule has 0 radical (unpaired) electrons. The molecule has 0 bridgehead atoms. The highest BCUT2D eigenvalue weighted by Crippen LogP contribution is 2.33. The second-order valence-corrected chi connectivity index (χ2v) is 9.07. The summed E-state index contributed by atoms with van der Waals surface area (Å²) in [7, 11) is 0. The Balaban J connectivity index is 0.00000267. The number of halogens is 1. The van der Waals surface area contributed by atoms with Crippen LogP contribution in [0.3, 0.4) is 0 Å². The first kappa shape index (κ1) is 24.1. The lowest BCUT2D eigenvalue weighted by Gasteiger charge is -2.27. The van der Waals surface area contributed by atoms with Crippen LogP contribution in [0.2, 0.25) is 0 Å². The largest absolute Gasteiger partial charge is 0.456 e. The summed E-state index contributed by atoms with van der Waals surface area (Å²) in [4.78, 5) is 15.6. The van der Waals surface area contributed by atoms with Crippen LogP contribution in [0, 0.1) is 0 Å². The summed E-state index contributed by atoms with van der Waals surface area (Å²) in [6.45, 7) is 5.12. The second-order valence-electron chi connectivity index (χ2n) is 9.07. The van der Waals surface area contributed by atoms with Gasteiger partial charge in [0.1, 0.15) is 11.3 Å². The summed E-state index contributed by atoms with van der Waals surface area (Å²) in [6.07, 6.45) is 0. The number of rotatable bonds is 5. The van der Waals surface area contributed by atoms with E-state index in [0.29, 0.717) is 5.56 Å². The Morgan fingerprint density at radius 2 is 1.58 bits per heavy atom. The van der Waals surface area contributed by atoms with Crippen molar-refractivity contribution in [2.24, 2.45) is 0 Å². The molecular weight excluding hydrogens is 470 g/mol. The number of furan rings is 1. The van der Waals surface area contributed by atoms with Gasteiger partial charge in [-0.2, -0.15) is 0 Å². The average molecular weight is 498 g/mol. The number of carbonyl (C=O) groups excluding carboxylic acids is 1. The van der Waals surface area contributed by atoms with Gasteiger partial charge in [-0.25, -0.2) is 0 Å². The third-order valence-corrected chi connectivity index (χ3v) is 6.65. The van der Waals surface area contributed by atoms with Gasteiger partial charge < -0.3 is 15.1 Å². The number of carbonyl (C=O) groups is 1. The summed E-state index contributed by atoms with van der Waals surface area (Å²) < 4.78 is 6.29. The van der Waals surface area contributed by atoms with E-state index >= 15 is 0 Å². The zero-order valence-electron chi connectivity index (χ0n) is 19.9. The van der Waals surface area contributed by atoms with Gasteiger partial charge in [0, 0.05) is 49.2 Å². The van der Waals surface area contributed by atoms with Crippen molar-refractivity contribution in [1.82, 2.24) is 10.2 Å². The molecule has 182 valence electrons. The molecule has 1 saturated heterocycles. The number of amides is 1. The Morgan fingerprint density at radius 3 is 2.44 bits per heavy atom. The molecule has 2 heterocycles. The van der Waals surface area contributed by atoms with E-state index in [0.717, 1.165) is 71.5 Å². The first-order valence-corrected chi connectivity index (χ1v) is 12.1. The van der Waals surface area contributed by atoms with Gasteiger partial charge in [-0.3, -0.25) is 9.69 Å². The molecule has 1 aromatic heterocycles. The molecule has 1 aliphatic heterocycles. The van der Waals surface area contributed by atoms with E-state index in [-0.39, 0.29) is 18.3 Å². The molecule has 4 aromatic carbocycles. The van der Waals surface area contributed by atoms with E-state index in [2.05, 4.69) is 33.7 Å². The number of benzene rings is 4. The fraction of sp³-hybridized carbons (Fsp3) is 0.167. The van der Waals surface area contributed by atoms with Crippen molar-refractivity contribution in [2.45, 2.75) is 6.54 Å². The van der Waals surface area contributed by atoms with Crippen LogP contribution in [0.5, 0.6) is 0 Å². The lowest BCUT2D eigenvalue weighted by molar-refractivity contribution is 0.102. The molecule has 36 heavy (non-hydrogen) atoms. The standard InChI is InChI=1S/C30H27N3O2.ClH/c34-30(25-12-11-22-5-1-2-6-23(22)18-25)32-27-8-4-3-7-26(27)29-19-24-10-9-21(17-28(24)35-29)20-33-15-13-31-14-16-33;/h1-12,17-19,31H,13-16,20H2,(H,32,34);1H. The van der Waals surface area contributed by atoms with Crippen LogP contribution >= 0.6 is 12.4 Å². The van der Waals surface area contributed by atoms with Gasteiger partial charge in [0.15, 0.2) is 0 Å². The van der Waals surface area contributed by atoms with Crippen LogP contribution in [-0.4, -0.2) is 37.0 Å². The maximum Gasteiger partial charge on any atom is 0.255 e. The fourth-order valence-electron chi connectivity index (χ4n) is 4.77. The molecule has 0 unspecified atom stereocenters. The van der Waals surface area contributed by atoms with Crippen molar-refractivity contribution in [3.63, 3.8) is 0 Å². The molecule has 0 aliphatic carbocycles. The van der Waals surface area contributed by atoms with Crippen LogP contribution in [0.15, 0.2) is 95.4 Å². The van der Waals surface area contributed by atoms with Crippen molar-refractivity contribution in [2.75, 3.05) is 31.5 Å². The highest BCUT2D eigenvalue weighted by atomic mass is 35.5. The summed E-state index contributed by atoms with van der Waals surface area (Å²) in [5.41, 5.74) is 4.33. The van der Waals surface area contributed by atoms with Gasteiger partial charge >= 0.3 is 0 Å². The van der Waals surface area contributed by atoms with Crippen LogP contribution < -0.4 is 10.6 Å². The van der Waals surface area contributed by atoms with Crippen molar-refractivity contribution in [3.8, 4) is 11.3 Å².